The molecule has 1 aliphatic heterocycles. The number of rotatable bonds is 5. The third kappa shape index (κ3) is 5.64. The van der Waals surface area contributed by atoms with Gasteiger partial charge in [0, 0.05) is 25.4 Å². The van der Waals surface area contributed by atoms with Crippen LogP contribution in [0.25, 0.3) is 0 Å². The molecule has 0 aliphatic carbocycles. The molecule has 1 unspecified atom stereocenters. The van der Waals surface area contributed by atoms with Crippen LogP contribution in [0.3, 0.4) is 0 Å². The Kier molecular flexibility index (Phi) is 6.89. The van der Waals surface area contributed by atoms with Crippen molar-refractivity contribution >= 4 is 22.2 Å². The first-order valence-corrected chi connectivity index (χ1v) is 9.48. The summed E-state index contributed by atoms with van der Waals surface area (Å²) in [6.45, 7) is 7.82. The molecule has 1 aromatic rings. The lowest BCUT2D eigenvalue weighted by Crippen LogP contribution is -2.53. The summed E-state index contributed by atoms with van der Waals surface area (Å²) in [6, 6.07) is 6.81. The molecule has 0 spiro atoms. The molecule has 0 amide bonds. The van der Waals surface area contributed by atoms with Crippen LogP contribution >= 0.6 is 12.4 Å². The van der Waals surface area contributed by atoms with Gasteiger partial charge in [-0.25, -0.2) is 8.42 Å². The highest BCUT2D eigenvalue weighted by Crippen LogP contribution is 2.27. The number of benzene rings is 1. The van der Waals surface area contributed by atoms with E-state index in [0.717, 1.165) is 26.1 Å². The van der Waals surface area contributed by atoms with Gasteiger partial charge in [0.1, 0.15) is 12.4 Å². The SMILES string of the molecule is CC1(C)CN(CCOc2ccc(S(C)(=O)=O)cc2)CCC1N.Cl. The molecule has 1 atom stereocenters. The number of ether oxygens (including phenoxy) is 1. The molecule has 7 heteroatoms. The first-order chi connectivity index (χ1) is 10.2. The molecule has 1 fully saturated rings. The van der Waals surface area contributed by atoms with Crippen molar-refractivity contribution in [3.8, 4) is 5.75 Å². The van der Waals surface area contributed by atoms with E-state index in [0.29, 0.717) is 17.3 Å². The van der Waals surface area contributed by atoms with E-state index < -0.39 is 9.84 Å². The summed E-state index contributed by atoms with van der Waals surface area (Å²) in [5, 5.41) is 0. The second-order valence-electron chi connectivity index (χ2n) is 6.75. The maximum atomic E-state index is 11.4. The Balaban J connectivity index is 0.00000264. The highest BCUT2D eigenvalue weighted by Gasteiger charge is 2.33. The quantitative estimate of drug-likeness (QED) is 0.866. The Morgan fingerprint density at radius 1 is 1.30 bits per heavy atom. The molecule has 0 bridgehead atoms. The topological polar surface area (TPSA) is 72.6 Å². The van der Waals surface area contributed by atoms with E-state index in [1.807, 2.05) is 0 Å². The van der Waals surface area contributed by atoms with Crippen molar-refractivity contribution in [3.05, 3.63) is 24.3 Å². The Hall–Kier alpha value is -0.820. The van der Waals surface area contributed by atoms with Gasteiger partial charge >= 0.3 is 0 Å². The largest absolute Gasteiger partial charge is 0.492 e. The summed E-state index contributed by atoms with van der Waals surface area (Å²) in [6.07, 6.45) is 2.21. The first kappa shape index (κ1) is 20.2. The number of halogens is 1. The number of likely N-dealkylation sites (tertiary alicyclic amines) is 1. The molecule has 2 N–H and O–H groups in total. The van der Waals surface area contributed by atoms with E-state index in [2.05, 4.69) is 18.7 Å². The summed E-state index contributed by atoms with van der Waals surface area (Å²) < 4.78 is 28.5. The van der Waals surface area contributed by atoms with Gasteiger partial charge < -0.3 is 10.5 Å². The summed E-state index contributed by atoms with van der Waals surface area (Å²) in [5.41, 5.74) is 6.27. The van der Waals surface area contributed by atoms with E-state index in [4.69, 9.17) is 10.5 Å². The Bertz CT molecular complexity index is 602. The van der Waals surface area contributed by atoms with E-state index in [1.54, 1.807) is 24.3 Å². The maximum Gasteiger partial charge on any atom is 0.175 e. The second-order valence-corrected chi connectivity index (χ2v) is 8.77. The highest BCUT2D eigenvalue weighted by molar-refractivity contribution is 7.90. The number of sulfone groups is 1. The third-order valence-electron chi connectivity index (χ3n) is 4.32. The zero-order valence-corrected chi connectivity index (χ0v) is 15.6. The maximum absolute atomic E-state index is 11.4. The van der Waals surface area contributed by atoms with Crippen LogP contribution in [0.4, 0.5) is 0 Å². The number of piperidine rings is 1. The summed E-state index contributed by atoms with van der Waals surface area (Å²) in [7, 11) is -3.15. The molecule has 1 aromatic carbocycles. The van der Waals surface area contributed by atoms with Crippen LogP contribution in [0.5, 0.6) is 5.75 Å². The Morgan fingerprint density at radius 2 is 1.91 bits per heavy atom. The number of hydrogen-bond donors (Lipinski definition) is 1. The van der Waals surface area contributed by atoms with Gasteiger partial charge in [0.15, 0.2) is 9.84 Å². The van der Waals surface area contributed by atoms with Crippen molar-refractivity contribution in [1.29, 1.82) is 0 Å². The molecular formula is C16H27ClN2O3S. The predicted molar refractivity (Wildman–Crippen MR) is 95.1 cm³/mol. The minimum Gasteiger partial charge on any atom is -0.492 e. The molecule has 132 valence electrons. The zero-order chi connectivity index (χ0) is 16.4. The zero-order valence-electron chi connectivity index (χ0n) is 14.0. The fourth-order valence-corrected chi connectivity index (χ4v) is 3.38. The predicted octanol–water partition coefficient (Wildman–Crippen LogP) is 1.95. The van der Waals surface area contributed by atoms with Crippen molar-refractivity contribution in [2.75, 3.05) is 32.5 Å². The number of nitrogens with zero attached hydrogens (tertiary/aromatic N) is 1. The van der Waals surface area contributed by atoms with E-state index >= 15 is 0 Å². The Morgan fingerprint density at radius 3 is 2.43 bits per heavy atom. The lowest BCUT2D eigenvalue weighted by molar-refractivity contribution is 0.0831. The number of hydrogen-bond acceptors (Lipinski definition) is 5. The molecule has 0 saturated carbocycles. The van der Waals surface area contributed by atoms with Crippen molar-refractivity contribution in [2.24, 2.45) is 11.1 Å². The molecule has 5 nitrogen and oxygen atoms in total. The Labute approximate surface area is 145 Å². The van der Waals surface area contributed by atoms with Crippen LogP contribution in [-0.2, 0) is 9.84 Å². The molecule has 1 aliphatic rings. The van der Waals surface area contributed by atoms with Gasteiger partial charge in [-0.3, -0.25) is 4.90 Å². The van der Waals surface area contributed by atoms with Gasteiger partial charge in [-0.05, 0) is 42.6 Å². The van der Waals surface area contributed by atoms with Gasteiger partial charge in [0.25, 0.3) is 0 Å². The van der Waals surface area contributed by atoms with Crippen LogP contribution < -0.4 is 10.5 Å². The van der Waals surface area contributed by atoms with Crippen molar-refractivity contribution in [3.63, 3.8) is 0 Å². The molecule has 0 aromatic heterocycles. The van der Waals surface area contributed by atoms with Crippen molar-refractivity contribution in [2.45, 2.75) is 31.2 Å². The van der Waals surface area contributed by atoms with Gasteiger partial charge in [0.2, 0.25) is 0 Å². The van der Waals surface area contributed by atoms with E-state index in [-0.39, 0.29) is 23.9 Å². The second kappa shape index (κ2) is 7.83. The molecule has 2 rings (SSSR count). The lowest BCUT2D eigenvalue weighted by Gasteiger charge is -2.42. The summed E-state index contributed by atoms with van der Waals surface area (Å²) >= 11 is 0. The number of nitrogens with two attached hydrogens (primary N) is 1. The van der Waals surface area contributed by atoms with Gasteiger partial charge in [-0.15, -0.1) is 12.4 Å². The van der Waals surface area contributed by atoms with Gasteiger partial charge in [-0.2, -0.15) is 0 Å². The molecule has 1 saturated heterocycles. The van der Waals surface area contributed by atoms with Crippen molar-refractivity contribution < 1.29 is 13.2 Å². The van der Waals surface area contributed by atoms with Crippen LogP contribution in [0, 0.1) is 5.41 Å². The average molecular weight is 363 g/mol. The first-order valence-electron chi connectivity index (χ1n) is 7.59. The standard InChI is InChI=1S/C16H26N2O3S.ClH/c1-16(2)12-18(9-8-15(16)17)10-11-21-13-4-6-14(7-5-13)22(3,19)20;/h4-7,15H,8-12,17H2,1-3H3;1H. The normalized spacial score (nSPS) is 21.5. The minimum absolute atomic E-state index is 0. The molecule has 0 radical (unpaired) electrons. The lowest BCUT2D eigenvalue weighted by atomic mass is 9.80. The minimum atomic E-state index is -3.15. The highest BCUT2D eigenvalue weighted by atomic mass is 35.5. The van der Waals surface area contributed by atoms with Gasteiger partial charge in [-0.1, -0.05) is 13.8 Å². The fraction of sp³-hybridized carbons (Fsp3) is 0.625. The average Bonchev–Trinajstić information content (AvgIpc) is 2.42. The van der Waals surface area contributed by atoms with Crippen LogP contribution in [0.2, 0.25) is 0 Å². The van der Waals surface area contributed by atoms with Crippen LogP contribution in [0.15, 0.2) is 29.2 Å². The van der Waals surface area contributed by atoms with Crippen molar-refractivity contribution in [1.82, 2.24) is 4.90 Å². The molecule has 23 heavy (non-hydrogen) atoms. The molecule has 1 heterocycles. The van der Waals surface area contributed by atoms with E-state index in [9.17, 15) is 8.42 Å². The van der Waals surface area contributed by atoms with Gasteiger partial charge in [0.05, 0.1) is 4.90 Å². The summed E-state index contributed by atoms with van der Waals surface area (Å²) in [4.78, 5) is 2.68. The summed E-state index contributed by atoms with van der Waals surface area (Å²) in [5.74, 6) is 0.695. The van der Waals surface area contributed by atoms with Crippen LogP contribution in [0.1, 0.15) is 20.3 Å². The van der Waals surface area contributed by atoms with E-state index in [1.165, 1.54) is 6.26 Å². The monoisotopic (exact) mass is 362 g/mol. The van der Waals surface area contributed by atoms with Crippen LogP contribution in [-0.4, -0.2) is 51.9 Å². The molecular weight excluding hydrogens is 336 g/mol. The third-order valence-corrected chi connectivity index (χ3v) is 5.45. The smallest absolute Gasteiger partial charge is 0.175 e. The fourth-order valence-electron chi connectivity index (χ4n) is 2.75.